The number of ketones is 1. The number of likely N-dealkylation sites (tertiary alicyclic amines) is 4. The van der Waals surface area contributed by atoms with Crippen LogP contribution in [0.2, 0.25) is 8.67 Å². The molecule has 6 amide bonds. The zero-order chi connectivity index (χ0) is 87.7. The van der Waals surface area contributed by atoms with Gasteiger partial charge in [0, 0.05) is 146 Å². The van der Waals surface area contributed by atoms with Crippen LogP contribution in [0.25, 0.3) is 0 Å². The van der Waals surface area contributed by atoms with Gasteiger partial charge in [0.05, 0.1) is 55.1 Å². The third-order valence-electron chi connectivity index (χ3n) is 18.6. The van der Waals surface area contributed by atoms with Crippen molar-refractivity contribution in [3.8, 4) is 23.5 Å². The Hall–Kier alpha value is -7.60. The first kappa shape index (κ1) is 109. The predicted octanol–water partition coefficient (Wildman–Crippen LogP) is 15.1. The van der Waals surface area contributed by atoms with E-state index in [9.17, 15) is 38.4 Å². The Morgan fingerprint density at radius 1 is 0.504 bits per heavy atom. The Labute approximate surface area is 766 Å². The summed E-state index contributed by atoms with van der Waals surface area (Å²) in [6, 6.07) is 20.9. The molecule has 4 fully saturated rings. The zero-order valence-corrected chi connectivity index (χ0v) is 79.6. The molecule has 121 heavy (non-hydrogen) atoms. The third kappa shape index (κ3) is 42.1. The number of rotatable bonds is 19. The predicted molar refractivity (Wildman–Crippen MR) is 472 cm³/mol. The number of carboxylic acid groups (broad SMARTS) is 1. The molecule has 6 aromatic heterocycles. The topological polar surface area (TPSA) is 346 Å². The molecule has 4 aliphatic rings. The van der Waals surface area contributed by atoms with Crippen LogP contribution in [0.1, 0.15) is 222 Å². The molecule has 36 heteroatoms. The van der Waals surface area contributed by atoms with Gasteiger partial charge in [0.2, 0.25) is 29.4 Å². The molecule has 4 aliphatic heterocycles. The molecule has 0 bridgehead atoms. The molecule has 10 rings (SSSR count). The first-order chi connectivity index (χ1) is 55.5. The largest absolute Gasteiger partial charge is 1.00 e. The fourth-order valence-corrected chi connectivity index (χ4v) is 14.4. The maximum atomic E-state index is 12.8. The monoisotopic (exact) mass is 1830 g/mol. The molecule has 6 aromatic rings. The van der Waals surface area contributed by atoms with Gasteiger partial charge < -0.3 is 75.1 Å². The number of pyridine rings is 4. The van der Waals surface area contributed by atoms with Gasteiger partial charge in [-0.05, 0) is 234 Å². The molecule has 10 heterocycles. The minimum atomic E-state index is -0.924. The number of carboxylic acids is 1. The molecule has 2 atom stereocenters. The van der Waals surface area contributed by atoms with Crippen LogP contribution in [-0.2, 0) is 28.6 Å². The molecule has 0 spiro atoms. The van der Waals surface area contributed by atoms with E-state index in [2.05, 4.69) is 41.2 Å². The average molecular weight is 1840 g/mol. The molecular weight excluding hydrogens is 1710 g/mol. The fraction of sp³-hybridized carbons (Fsp3) is 0.576. The Kier molecular flexibility index (Phi) is 48.4. The van der Waals surface area contributed by atoms with Gasteiger partial charge in [0.1, 0.15) is 27.3 Å². The van der Waals surface area contributed by atoms with E-state index in [1.54, 1.807) is 122 Å². The van der Waals surface area contributed by atoms with E-state index in [4.69, 9.17) is 76.8 Å². The maximum absolute atomic E-state index is 12.8. The number of hydrogen-bond donors (Lipinski definition) is 3. The number of nitrogens with zero attached hydrogens (tertiary/aromatic N) is 9. The summed E-state index contributed by atoms with van der Waals surface area (Å²) < 4.78 is 43.7. The average Bonchev–Trinajstić information content (AvgIpc) is 1.22. The van der Waals surface area contributed by atoms with Crippen molar-refractivity contribution in [1.29, 1.82) is 0 Å². The molecule has 3 radical (unpaired) electrons. The Bertz CT molecular complexity index is 4100. The molecule has 0 aromatic carbocycles. The molecule has 2 unspecified atom stereocenters. The summed E-state index contributed by atoms with van der Waals surface area (Å²) >= 11 is 17.0. The van der Waals surface area contributed by atoms with Crippen molar-refractivity contribution >= 4 is 118 Å². The first-order valence-corrected chi connectivity index (χ1v) is 42.4. The van der Waals surface area contributed by atoms with Crippen LogP contribution >= 0.6 is 61.8 Å². The van der Waals surface area contributed by atoms with E-state index < -0.39 is 28.4 Å². The van der Waals surface area contributed by atoms with E-state index in [-0.39, 0.29) is 106 Å². The molecule has 0 saturated carbocycles. The summed E-state index contributed by atoms with van der Waals surface area (Å²) in [5.41, 5.74) is 6.94. The second-order valence-electron chi connectivity index (χ2n) is 32.5. The minimum absolute atomic E-state index is 0. The van der Waals surface area contributed by atoms with Gasteiger partial charge in [-0.1, -0.05) is 42.8 Å². The number of nitrogens with one attached hydrogen (secondary N) is 1. The molecule has 4 saturated heterocycles. The number of methoxy groups -OCH3 is 4. The van der Waals surface area contributed by atoms with Crippen LogP contribution in [0.4, 0.5) is 19.2 Å². The molecule has 0 aliphatic carbocycles. The van der Waals surface area contributed by atoms with E-state index >= 15 is 0 Å². The second-order valence-corrected chi connectivity index (χ2v) is 36.9. The number of aromatic nitrogens is 4. The van der Waals surface area contributed by atoms with Crippen LogP contribution in [0.15, 0.2) is 102 Å². The number of ether oxygens (including phenoxy) is 8. The van der Waals surface area contributed by atoms with Crippen molar-refractivity contribution in [3.05, 3.63) is 137 Å². The van der Waals surface area contributed by atoms with E-state index in [0.717, 1.165) is 104 Å². The number of piperidine rings is 4. The smallest absolute Gasteiger partial charge is 1.00 e. The normalized spacial score (nSPS) is 15.0. The van der Waals surface area contributed by atoms with Crippen LogP contribution in [-0.4, -0.2) is 223 Å². The van der Waals surface area contributed by atoms with Crippen LogP contribution in [0.5, 0.6) is 23.5 Å². The number of carbonyl (C=O) groups is 8. The van der Waals surface area contributed by atoms with E-state index in [1.807, 2.05) is 107 Å². The molecule has 665 valence electrons. The second kappa shape index (κ2) is 53.6. The van der Waals surface area contributed by atoms with Crippen LogP contribution in [0.3, 0.4) is 0 Å². The van der Waals surface area contributed by atoms with Gasteiger partial charge >= 0.3 is 59.9 Å². The van der Waals surface area contributed by atoms with Crippen molar-refractivity contribution in [3.63, 3.8) is 0 Å². The molecular formula is C85H125BBrCl2N11NaO18S2. The zero-order valence-electron chi connectivity index (χ0n) is 73.9. The number of thiophene rings is 2. The number of halogens is 3. The Morgan fingerprint density at radius 3 is 1.15 bits per heavy atom. The summed E-state index contributed by atoms with van der Waals surface area (Å²) in [7, 11) is 9.39. The molecule has 29 nitrogen and oxygen atoms in total. The van der Waals surface area contributed by atoms with Gasteiger partial charge in [-0.3, -0.25) is 19.2 Å². The van der Waals surface area contributed by atoms with Gasteiger partial charge in [0.25, 0.3) is 5.91 Å². The summed E-state index contributed by atoms with van der Waals surface area (Å²) in [5.74, 6) is 2.69. The van der Waals surface area contributed by atoms with Crippen molar-refractivity contribution in [2.24, 2.45) is 29.4 Å². The summed E-state index contributed by atoms with van der Waals surface area (Å²) in [4.78, 5) is 125. The van der Waals surface area contributed by atoms with Crippen LogP contribution in [0, 0.1) is 23.7 Å². The number of hydrogen-bond acceptors (Lipinski definition) is 24. The van der Waals surface area contributed by atoms with Crippen molar-refractivity contribution in [2.75, 3.05) is 95.0 Å². The van der Waals surface area contributed by atoms with Gasteiger partial charge in [-0.15, -0.1) is 22.7 Å². The number of nitrogens with two attached hydrogens (primary N) is 1. The van der Waals surface area contributed by atoms with E-state index in [1.165, 1.54) is 29.6 Å². The van der Waals surface area contributed by atoms with Gasteiger partial charge in [-0.25, -0.2) is 49.0 Å². The maximum Gasteiger partial charge on any atom is 1.00 e. The van der Waals surface area contributed by atoms with Crippen LogP contribution < -0.4 is 59.6 Å². The number of Topliss-reactive ketones (excluding diaryl/α,β-unsaturated/α-hetero) is 1. The minimum Gasteiger partial charge on any atom is -1.00 e. The summed E-state index contributed by atoms with van der Waals surface area (Å²) in [6.45, 7) is 27.7. The van der Waals surface area contributed by atoms with Crippen molar-refractivity contribution in [2.45, 2.75) is 202 Å². The number of carbonyl (C=O) groups excluding carboxylic acids is 7. The first-order valence-electron chi connectivity index (χ1n) is 39.2. The fourth-order valence-electron chi connectivity index (χ4n) is 12.3. The standard InChI is InChI=1S/C23H30ClN3O4S.C18H29N3O3.C18H26N2O4.C14H26N2O4.C6H6BrNO.C5H3ClO2S.CH4.B.Na.H/c1-23(2,3)31-22(29)27-11-9-15(10-12-27)13-17(16-5-8-20(30-4)25-14-16)26-21(28)18-6-7-19(24)32-18;1-18(2,3)24-17(22)21-9-7-13(8-10-21)11-15(19)14-5-6-16(23-4)20-12-14;1-18(2,3)24-17(22)20-9-7-13(8-10-20)11-15(21)14-5-6-16(23-4)19-12-14;1-14(2,3)20-13(18)16-8-6-11(7-9-16)10-12(17)15(4)19-5;1-9-6-3-2-5(7)4-8-6;6-4-2-1-3(9-4)5(7)8;;;;/h5-8,14-15,17H,9-13H2,1-4H3,(H,26,28);5-6,12-13,15H,7-11,19H2,1-4H3;5-6,12-13H,7-11H2,1-4H3;11H,6-10H2,1-5H3;2-4H,1H3;1-2H,(H,7,8);1H4;;;/q;;;;;;;;+1;-1. The number of hydroxylamine groups is 2. The van der Waals surface area contributed by atoms with Crippen molar-refractivity contribution < 1.29 is 117 Å². The number of amides is 6. The van der Waals surface area contributed by atoms with E-state index in [0.29, 0.717) is 118 Å². The quantitative estimate of drug-likeness (QED) is 0.0293. The summed E-state index contributed by atoms with van der Waals surface area (Å²) in [6.07, 6.45) is 15.2. The third-order valence-corrected chi connectivity index (χ3v) is 21.5. The Balaban J connectivity index is 0.000000758. The van der Waals surface area contributed by atoms with Gasteiger partial charge in [-0.2, -0.15) is 0 Å². The number of aromatic carboxylic acids is 1. The Morgan fingerprint density at radius 2 is 0.843 bits per heavy atom. The van der Waals surface area contributed by atoms with Crippen molar-refractivity contribution in [1.82, 2.24) is 49.9 Å². The summed E-state index contributed by atoms with van der Waals surface area (Å²) in [5, 5.41) is 12.7. The van der Waals surface area contributed by atoms with Gasteiger partial charge in [0.15, 0.2) is 5.78 Å². The SMILES string of the molecule is C.CON(C)C(=O)CC1CCN(C(=O)OC(C)(C)C)CC1.COc1ccc(Br)cn1.COc1ccc(C(=O)CC2CCN(C(=O)OC(C)(C)C)CC2)cn1.COc1ccc(C(CC2CCN(C(=O)OC(C)(C)C)CC2)NC(=O)c2ccc(Cl)s2)cn1.COc1ccc(C(N)CC2CCN(C(=O)OC(C)(C)C)CC2)cn1.O=C(O)c1ccc(Cl)s1.[B].[H-].[Na+]. The molecule has 4 N–H and O–H groups in total.